The van der Waals surface area contributed by atoms with Crippen molar-refractivity contribution in [1.29, 1.82) is 0 Å². The molecule has 3 N–H and O–H groups in total. The van der Waals surface area contributed by atoms with Gasteiger partial charge in [-0.25, -0.2) is 0 Å². The van der Waals surface area contributed by atoms with Crippen molar-refractivity contribution in [2.75, 3.05) is 0 Å². The normalized spacial score (nSPS) is 10.4. The molecular formula is C12H17NO3. The second kappa shape index (κ2) is 5.39. The molecule has 0 unspecified atom stereocenters. The first-order valence-corrected chi connectivity index (χ1v) is 5.41. The summed E-state index contributed by atoms with van der Waals surface area (Å²) < 4.78 is 0. The molecule has 4 heteroatoms. The van der Waals surface area contributed by atoms with Gasteiger partial charge in [0.1, 0.15) is 0 Å². The maximum absolute atomic E-state index is 11.8. The molecule has 0 aliphatic heterocycles. The molecule has 1 aromatic carbocycles. The van der Waals surface area contributed by atoms with Crippen LogP contribution in [0.3, 0.4) is 0 Å². The summed E-state index contributed by atoms with van der Waals surface area (Å²) in [6.07, 6.45) is 1.67. The summed E-state index contributed by atoms with van der Waals surface area (Å²) in [7, 11) is 0. The summed E-state index contributed by atoms with van der Waals surface area (Å²) in [5.74, 6) is -1.01. The van der Waals surface area contributed by atoms with Crippen molar-refractivity contribution in [3.63, 3.8) is 0 Å². The number of carbonyl (C=O) groups excluding carboxylic acids is 1. The van der Waals surface area contributed by atoms with Crippen LogP contribution in [0.4, 0.5) is 0 Å². The molecule has 16 heavy (non-hydrogen) atoms. The highest BCUT2D eigenvalue weighted by Gasteiger charge is 2.15. The molecule has 0 atom stereocenters. The Hall–Kier alpha value is -1.71. The second-order valence-corrected chi connectivity index (χ2v) is 3.66. The Morgan fingerprint density at radius 1 is 1.31 bits per heavy atom. The van der Waals surface area contributed by atoms with Crippen LogP contribution in [0.2, 0.25) is 0 Å². The lowest BCUT2D eigenvalue weighted by Gasteiger charge is -2.15. The van der Waals surface area contributed by atoms with Gasteiger partial charge in [-0.15, -0.1) is 0 Å². The molecular weight excluding hydrogens is 206 g/mol. The minimum Gasteiger partial charge on any atom is -0.504 e. The molecule has 0 bridgehead atoms. The smallest absolute Gasteiger partial charge is 0.255 e. The number of hydrogen-bond donors (Lipinski definition) is 3. The van der Waals surface area contributed by atoms with Gasteiger partial charge in [-0.1, -0.05) is 19.9 Å². The number of amides is 1. The molecule has 0 spiro atoms. The predicted octanol–water partition coefficient (Wildman–Crippen LogP) is 2.02. The molecule has 88 valence electrons. The van der Waals surface area contributed by atoms with Gasteiger partial charge in [-0.3, -0.25) is 4.79 Å². The molecule has 4 nitrogen and oxygen atoms in total. The molecule has 0 aliphatic rings. The summed E-state index contributed by atoms with van der Waals surface area (Å²) in [6, 6.07) is 4.43. The van der Waals surface area contributed by atoms with Crippen molar-refractivity contribution in [2.24, 2.45) is 0 Å². The molecule has 1 rings (SSSR count). The fourth-order valence-corrected chi connectivity index (χ4v) is 1.47. The molecule has 0 radical (unpaired) electrons. The van der Waals surface area contributed by atoms with E-state index in [0.29, 0.717) is 0 Å². The lowest BCUT2D eigenvalue weighted by atomic mass is 10.1. The van der Waals surface area contributed by atoms with Crippen LogP contribution in [-0.2, 0) is 0 Å². The number of aromatic hydroxyl groups is 2. The standard InChI is InChI=1S/C12H17NO3/c1-3-8(4-2)13-12(16)9-6-5-7-10(14)11(9)15/h5-8,14-15H,3-4H2,1-2H3,(H,13,16). The van der Waals surface area contributed by atoms with Crippen LogP contribution in [-0.4, -0.2) is 22.2 Å². The van der Waals surface area contributed by atoms with Gasteiger partial charge in [0.15, 0.2) is 11.5 Å². The first-order chi connectivity index (χ1) is 7.60. The van der Waals surface area contributed by atoms with E-state index in [-0.39, 0.29) is 29.0 Å². The highest BCUT2D eigenvalue weighted by molar-refractivity contribution is 5.97. The number of para-hydroxylation sites is 1. The third kappa shape index (κ3) is 2.66. The number of benzene rings is 1. The molecule has 0 saturated heterocycles. The zero-order valence-corrected chi connectivity index (χ0v) is 9.53. The molecule has 1 aromatic rings. The monoisotopic (exact) mass is 223 g/mol. The fourth-order valence-electron chi connectivity index (χ4n) is 1.47. The average Bonchev–Trinajstić information content (AvgIpc) is 2.29. The van der Waals surface area contributed by atoms with E-state index in [1.165, 1.54) is 18.2 Å². The Morgan fingerprint density at radius 2 is 1.94 bits per heavy atom. The van der Waals surface area contributed by atoms with E-state index in [4.69, 9.17) is 0 Å². The van der Waals surface area contributed by atoms with E-state index in [2.05, 4.69) is 5.32 Å². The molecule has 1 amide bonds. The van der Waals surface area contributed by atoms with E-state index in [9.17, 15) is 15.0 Å². The summed E-state index contributed by atoms with van der Waals surface area (Å²) in [4.78, 5) is 11.8. The Kier molecular flexibility index (Phi) is 4.17. The zero-order valence-electron chi connectivity index (χ0n) is 9.53. The van der Waals surface area contributed by atoms with Crippen molar-refractivity contribution in [3.8, 4) is 11.5 Å². The lowest BCUT2D eigenvalue weighted by molar-refractivity contribution is 0.0931. The third-order valence-corrected chi connectivity index (χ3v) is 2.58. The molecule has 0 heterocycles. The van der Waals surface area contributed by atoms with Gasteiger partial charge in [0.2, 0.25) is 0 Å². The van der Waals surface area contributed by atoms with E-state index in [0.717, 1.165) is 12.8 Å². The number of phenolic OH excluding ortho intramolecular Hbond substituents is 2. The minimum absolute atomic E-state index is 0.0919. The van der Waals surface area contributed by atoms with Crippen LogP contribution >= 0.6 is 0 Å². The van der Waals surface area contributed by atoms with Crippen LogP contribution in [0, 0.1) is 0 Å². The van der Waals surface area contributed by atoms with Gasteiger partial charge in [0.25, 0.3) is 5.91 Å². The van der Waals surface area contributed by atoms with Crippen molar-refractivity contribution in [1.82, 2.24) is 5.32 Å². The van der Waals surface area contributed by atoms with E-state index >= 15 is 0 Å². The maximum atomic E-state index is 11.8. The molecule has 0 fully saturated rings. The van der Waals surface area contributed by atoms with Crippen molar-refractivity contribution in [2.45, 2.75) is 32.7 Å². The minimum atomic E-state index is -0.369. The number of carbonyl (C=O) groups is 1. The topological polar surface area (TPSA) is 69.6 Å². The van der Waals surface area contributed by atoms with Crippen LogP contribution in [0.25, 0.3) is 0 Å². The largest absolute Gasteiger partial charge is 0.504 e. The van der Waals surface area contributed by atoms with Gasteiger partial charge in [-0.2, -0.15) is 0 Å². The second-order valence-electron chi connectivity index (χ2n) is 3.66. The highest BCUT2D eigenvalue weighted by Crippen LogP contribution is 2.28. The Labute approximate surface area is 94.9 Å². The van der Waals surface area contributed by atoms with Gasteiger partial charge < -0.3 is 15.5 Å². The van der Waals surface area contributed by atoms with Crippen LogP contribution in [0.5, 0.6) is 11.5 Å². The Bertz CT molecular complexity index is 373. The van der Waals surface area contributed by atoms with Crippen molar-refractivity contribution in [3.05, 3.63) is 23.8 Å². The third-order valence-electron chi connectivity index (χ3n) is 2.58. The summed E-state index contributed by atoms with van der Waals surface area (Å²) in [5, 5.41) is 21.6. The molecule has 0 saturated carbocycles. The zero-order chi connectivity index (χ0) is 12.1. The molecule has 0 aliphatic carbocycles. The van der Waals surface area contributed by atoms with Crippen LogP contribution in [0.1, 0.15) is 37.0 Å². The van der Waals surface area contributed by atoms with Crippen LogP contribution < -0.4 is 5.32 Å². The van der Waals surface area contributed by atoms with Crippen molar-refractivity contribution >= 4 is 5.91 Å². The fraction of sp³-hybridized carbons (Fsp3) is 0.417. The van der Waals surface area contributed by atoms with Gasteiger partial charge in [0.05, 0.1) is 5.56 Å². The van der Waals surface area contributed by atoms with Crippen LogP contribution in [0.15, 0.2) is 18.2 Å². The van der Waals surface area contributed by atoms with E-state index in [1.807, 2.05) is 13.8 Å². The number of hydrogen-bond acceptors (Lipinski definition) is 3. The maximum Gasteiger partial charge on any atom is 0.255 e. The first kappa shape index (κ1) is 12.4. The number of rotatable bonds is 4. The van der Waals surface area contributed by atoms with Gasteiger partial charge in [-0.05, 0) is 25.0 Å². The SMILES string of the molecule is CCC(CC)NC(=O)c1cccc(O)c1O. The number of phenols is 2. The average molecular weight is 223 g/mol. The highest BCUT2D eigenvalue weighted by atomic mass is 16.3. The lowest BCUT2D eigenvalue weighted by Crippen LogP contribution is -2.33. The quantitative estimate of drug-likeness (QED) is 0.684. The summed E-state index contributed by atoms with van der Waals surface area (Å²) in [5.41, 5.74) is 0.104. The van der Waals surface area contributed by atoms with Gasteiger partial charge in [0, 0.05) is 6.04 Å². The summed E-state index contributed by atoms with van der Waals surface area (Å²) >= 11 is 0. The summed E-state index contributed by atoms with van der Waals surface area (Å²) in [6.45, 7) is 3.97. The predicted molar refractivity (Wildman–Crippen MR) is 61.6 cm³/mol. The Morgan fingerprint density at radius 3 is 2.50 bits per heavy atom. The van der Waals surface area contributed by atoms with Crippen molar-refractivity contribution < 1.29 is 15.0 Å². The Balaban J connectivity index is 2.84. The van der Waals surface area contributed by atoms with E-state index in [1.54, 1.807) is 0 Å². The first-order valence-electron chi connectivity index (χ1n) is 5.41. The number of nitrogens with one attached hydrogen (secondary N) is 1. The molecule has 0 aromatic heterocycles. The van der Waals surface area contributed by atoms with Gasteiger partial charge >= 0.3 is 0 Å². The van der Waals surface area contributed by atoms with E-state index < -0.39 is 0 Å².